The molecule has 156 valence electrons. The fourth-order valence-corrected chi connectivity index (χ4v) is 3.56. The van der Waals surface area contributed by atoms with E-state index in [2.05, 4.69) is 34.8 Å². The van der Waals surface area contributed by atoms with Gasteiger partial charge in [-0.2, -0.15) is 0 Å². The molecule has 29 heavy (non-hydrogen) atoms. The molecular weight excluding hydrogens is 364 g/mol. The predicted octanol–water partition coefficient (Wildman–Crippen LogP) is 4.03. The third kappa shape index (κ3) is 5.70. The van der Waals surface area contributed by atoms with Crippen LogP contribution in [0.1, 0.15) is 37.2 Å². The lowest BCUT2D eigenvalue weighted by Crippen LogP contribution is -2.24. The van der Waals surface area contributed by atoms with Crippen molar-refractivity contribution in [3.05, 3.63) is 47.4 Å². The van der Waals surface area contributed by atoms with E-state index in [0.717, 1.165) is 79.2 Å². The van der Waals surface area contributed by atoms with Gasteiger partial charge >= 0.3 is 0 Å². The SMILES string of the molecule is CCN(CC)CCCc1cc2nc(CCc3cc(OC)cc(OC)c3)cnc2[nH]1. The van der Waals surface area contributed by atoms with Gasteiger partial charge in [-0.05, 0) is 69.1 Å². The van der Waals surface area contributed by atoms with Crippen molar-refractivity contribution < 1.29 is 9.47 Å². The number of nitrogens with one attached hydrogen (secondary N) is 1. The first-order valence-electron chi connectivity index (χ1n) is 10.4. The second kappa shape index (κ2) is 10.3. The second-order valence-electron chi connectivity index (χ2n) is 7.24. The Morgan fingerprint density at radius 2 is 1.66 bits per heavy atom. The Hall–Kier alpha value is -2.60. The topological polar surface area (TPSA) is 63.3 Å². The van der Waals surface area contributed by atoms with Gasteiger partial charge in [-0.25, -0.2) is 9.97 Å². The van der Waals surface area contributed by atoms with Gasteiger partial charge in [-0.1, -0.05) is 13.8 Å². The number of methoxy groups -OCH3 is 2. The Labute approximate surface area is 173 Å². The largest absolute Gasteiger partial charge is 0.497 e. The van der Waals surface area contributed by atoms with Crippen LogP contribution in [-0.4, -0.2) is 53.7 Å². The Kier molecular flexibility index (Phi) is 7.47. The molecule has 0 spiro atoms. The zero-order valence-electron chi connectivity index (χ0n) is 18.0. The summed E-state index contributed by atoms with van der Waals surface area (Å²) in [5, 5.41) is 0. The number of ether oxygens (including phenoxy) is 2. The highest BCUT2D eigenvalue weighted by Gasteiger charge is 2.08. The van der Waals surface area contributed by atoms with Crippen LogP contribution in [0.2, 0.25) is 0 Å². The molecule has 0 aliphatic rings. The smallest absolute Gasteiger partial charge is 0.156 e. The molecule has 6 heteroatoms. The summed E-state index contributed by atoms with van der Waals surface area (Å²) in [6.07, 6.45) is 5.71. The molecule has 0 aliphatic heterocycles. The lowest BCUT2D eigenvalue weighted by Gasteiger charge is -2.17. The molecule has 2 heterocycles. The molecule has 0 bridgehead atoms. The number of fused-ring (bicyclic) bond motifs is 1. The first-order chi connectivity index (χ1) is 14.1. The van der Waals surface area contributed by atoms with E-state index < -0.39 is 0 Å². The maximum atomic E-state index is 5.36. The molecule has 0 saturated carbocycles. The number of nitrogens with zero attached hydrogens (tertiary/aromatic N) is 3. The molecule has 0 amide bonds. The van der Waals surface area contributed by atoms with Gasteiger partial charge in [0.2, 0.25) is 0 Å². The molecule has 1 N–H and O–H groups in total. The van der Waals surface area contributed by atoms with Gasteiger partial charge in [0.25, 0.3) is 0 Å². The van der Waals surface area contributed by atoms with E-state index in [-0.39, 0.29) is 0 Å². The number of aromatic amines is 1. The van der Waals surface area contributed by atoms with E-state index in [1.54, 1.807) is 14.2 Å². The number of hydrogen-bond acceptors (Lipinski definition) is 5. The molecule has 3 aromatic rings. The van der Waals surface area contributed by atoms with E-state index in [9.17, 15) is 0 Å². The van der Waals surface area contributed by atoms with Gasteiger partial charge < -0.3 is 19.4 Å². The van der Waals surface area contributed by atoms with E-state index in [0.29, 0.717) is 0 Å². The molecule has 0 fully saturated rings. The zero-order valence-corrected chi connectivity index (χ0v) is 18.0. The molecule has 0 aliphatic carbocycles. The normalized spacial score (nSPS) is 11.3. The fraction of sp³-hybridized carbons (Fsp3) is 0.478. The quantitative estimate of drug-likeness (QED) is 0.530. The van der Waals surface area contributed by atoms with Crippen LogP contribution in [0.25, 0.3) is 11.2 Å². The molecule has 3 rings (SSSR count). The summed E-state index contributed by atoms with van der Waals surface area (Å²) in [5.74, 6) is 1.61. The van der Waals surface area contributed by atoms with Crippen LogP contribution in [0.3, 0.4) is 0 Å². The van der Waals surface area contributed by atoms with Gasteiger partial charge in [-0.3, -0.25) is 0 Å². The first kappa shape index (κ1) is 21.1. The summed E-state index contributed by atoms with van der Waals surface area (Å²) < 4.78 is 10.7. The third-order valence-electron chi connectivity index (χ3n) is 5.34. The number of H-pyrrole nitrogens is 1. The van der Waals surface area contributed by atoms with Crippen molar-refractivity contribution in [2.45, 2.75) is 39.5 Å². The van der Waals surface area contributed by atoms with Crippen LogP contribution in [0.15, 0.2) is 30.5 Å². The van der Waals surface area contributed by atoms with Crippen LogP contribution in [0.5, 0.6) is 11.5 Å². The zero-order chi connectivity index (χ0) is 20.6. The van der Waals surface area contributed by atoms with E-state index >= 15 is 0 Å². The summed E-state index contributed by atoms with van der Waals surface area (Å²) in [6.45, 7) is 7.76. The molecule has 2 aromatic heterocycles. The molecular formula is C23H32N4O2. The van der Waals surface area contributed by atoms with E-state index in [4.69, 9.17) is 14.5 Å². The number of aryl methyl sites for hydroxylation is 3. The Morgan fingerprint density at radius 3 is 2.31 bits per heavy atom. The van der Waals surface area contributed by atoms with Crippen LogP contribution < -0.4 is 9.47 Å². The first-order valence-corrected chi connectivity index (χ1v) is 10.4. The Morgan fingerprint density at radius 1 is 0.931 bits per heavy atom. The molecule has 0 radical (unpaired) electrons. The van der Waals surface area contributed by atoms with Gasteiger partial charge in [-0.15, -0.1) is 0 Å². The highest BCUT2D eigenvalue weighted by molar-refractivity contribution is 5.71. The number of rotatable bonds is 11. The monoisotopic (exact) mass is 396 g/mol. The molecule has 0 unspecified atom stereocenters. The van der Waals surface area contributed by atoms with Crippen LogP contribution in [-0.2, 0) is 19.3 Å². The van der Waals surface area contributed by atoms with Crippen molar-refractivity contribution in [3.63, 3.8) is 0 Å². The predicted molar refractivity (Wildman–Crippen MR) is 117 cm³/mol. The van der Waals surface area contributed by atoms with Gasteiger partial charge in [0.05, 0.1) is 26.1 Å². The minimum Gasteiger partial charge on any atom is -0.497 e. The fourth-order valence-electron chi connectivity index (χ4n) is 3.56. The molecule has 0 saturated heterocycles. The number of aromatic nitrogens is 3. The van der Waals surface area contributed by atoms with Gasteiger partial charge in [0, 0.05) is 11.8 Å². The summed E-state index contributed by atoms with van der Waals surface area (Å²) >= 11 is 0. The van der Waals surface area contributed by atoms with Crippen molar-refractivity contribution in [2.75, 3.05) is 33.9 Å². The highest BCUT2D eigenvalue weighted by atomic mass is 16.5. The highest BCUT2D eigenvalue weighted by Crippen LogP contribution is 2.23. The second-order valence-corrected chi connectivity index (χ2v) is 7.24. The average molecular weight is 397 g/mol. The summed E-state index contributed by atoms with van der Waals surface area (Å²) in [6, 6.07) is 8.11. The number of hydrogen-bond donors (Lipinski definition) is 1. The van der Waals surface area contributed by atoms with Crippen LogP contribution >= 0.6 is 0 Å². The van der Waals surface area contributed by atoms with Crippen molar-refractivity contribution in [1.82, 2.24) is 19.9 Å². The number of benzene rings is 1. The Balaban J connectivity index is 1.62. The molecule has 6 nitrogen and oxygen atoms in total. The van der Waals surface area contributed by atoms with Crippen molar-refractivity contribution in [2.24, 2.45) is 0 Å². The summed E-state index contributed by atoms with van der Waals surface area (Å²) in [4.78, 5) is 15.2. The maximum absolute atomic E-state index is 5.36. The van der Waals surface area contributed by atoms with Crippen LogP contribution in [0.4, 0.5) is 0 Å². The minimum absolute atomic E-state index is 0.806. The maximum Gasteiger partial charge on any atom is 0.156 e. The van der Waals surface area contributed by atoms with E-state index in [1.807, 2.05) is 24.4 Å². The molecule has 1 aromatic carbocycles. The Bertz CT molecular complexity index is 896. The standard InChI is InChI=1S/C23H32N4O2/c1-5-27(6-2)11-7-8-18-14-22-23(26-18)24-16-19(25-22)10-9-17-12-20(28-3)15-21(13-17)29-4/h12-16H,5-11H2,1-4H3,(H,24,26). The van der Waals surface area contributed by atoms with Gasteiger partial charge in [0.15, 0.2) is 5.65 Å². The van der Waals surface area contributed by atoms with E-state index in [1.165, 1.54) is 5.69 Å². The van der Waals surface area contributed by atoms with Gasteiger partial charge in [0.1, 0.15) is 17.0 Å². The lowest BCUT2D eigenvalue weighted by atomic mass is 10.1. The third-order valence-corrected chi connectivity index (χ3v) is 5.34. The summed E-state index contributed by atoms with van der Waals surface area (Å²) in [7, 11) is 3.34. The van der Waals surface area contributed by atoms with Crippen LogP contribution in [0, 0.1) is 0 Å². The lowest BCUT2D eigenvalue weighted by molar-refractivity contribution is 0.299. The molecule has 0 atom stereocenters. The minimum atomic E-state index is 0.806. The summed E-state index contributed by atoms with van der Waals surface area (Å²) in [5.41, 5.74) is 5.18. The van der Waals surface area contributed by atoms with Crippen molar-refractivity contribution in [1.29, 1.82) is 0 Å². The van der Waals surface area contributed by atoms with Crippen molar-refractivity contribution >= 4 is 11.2 Å². The average Bonchev–Trinajstić information content (AvgIpc) is 3.17. The van der Waals surface area contributed by atoms with Crippen molar-refractivity contribution in [3.8, 4) is 11.5 Å².